The van der Waals surface area contributed by atoms with Crippen LogP contribution in [0.4, 0.5) is 5.69 Å². The Morgan fingerprint density at radius 1 is 1.17 bits per heavy atom. The Morgan fingerprint density at radius 2 is 1.79 bits per heavy atom. The van der Waals surface area contributed by atoms with Gasteiger partial charge >= 0.3 is 5.69 Å². The molecule has 1 aromatic carbocycles. The van der Waals surface area contributed by atoms with Crippen molar-refractivity contribution in [1.82, 2.24) is 9.13 Å². The first-order valence-corrected chi connectivity index (χ1v) is 8.59. The number of amides is 1. The van der Waals surface area contributed by atoms with Gasteiger partial charge in [-0.15, -0.1) is 11.8 Å². The van der Waals surface area contributed by atoms with E-state index in [4.69, 9.17) is 0 Å². The second-order valence-electron chi connectivity index (χ2n) is 5.68. The number of rotatable bonds is 5. The molecule has 1 heterocycles. The molecule has 1 aromatic heterocycles. The van der Waals surface area contributed by atoms with Gasteiger partial charge in [-0.1, -0.05) is 17.7 Å². The first-order chi connectivity index (χ1) is 11.3. The average molecular weight is 347 g/mol. The highest BCUT2D eigenvalue weighted by Gasteiger charge is 2.15. The summed E-state index contributed by atoms with van der Waals surface area (Å²) >= 11 is 1.38. The predicted molar refractivity (Wildman–Crippen MR) is 97.5 cm³/mol. The van der Waals surface area contributed by atoms with Gasteiger partial charge in [0.2, 0.25) is 5.91 Å². The molecule has 0 radical (unpaired) electrons. The molecule has 1 amide bonds. The van der Waals surface area contributed by atoms with Crippen LogP contribution in [-0.2, 0) is 24.6 Å². The van der Waals surface area contributed by atoms with Gasteiger partial charge in [-0.3, -0.25) is 18.7 Å². The Kier molecular flexibility index (Phi) is 5.66. The van der Waals surface area contributed by atoms with Crippen molar-refractivity contribution in [3.8, 4) is 0 Å². The molecule has 0 bridgehead atoms. The van der Waals surface area contributed by atoms with Gasteiger partial charge in [0.25, 0.3) is 5.56 Å². The van der Waals surface area contributed by atoms with E-state index < -0.39 is 0 Å². The van der Waals surface area contributed by atoms with Crippen molar-refractivity contribution in [3.63, 3.8) is 0 Å². The monoisotopic (exact) mass is 347 g/mol. The summed E-state index contributed by atoms with van der Waals surface area (Å²) in [7, 11) is 3.06. The molecule has 1 unspecified atom stereocenters. The van der Waals surface area contributed by atoms with Crippen LogP contribution < -0.4 is 16.6 Å². The Hall–Kier alpha value is -2.28. The zero-order valence-corrected chi connectivity index (χ0v) is 15.0. The van der Waals surface area contributed by atoms with Gasteiger partial charge in [-0.2, -0.15) is 0 Å². The maximum atomic E-state index is 12.2. The number of hydrogen-bond acceptors (Lipinski definition) is 4. The fourth-order valence-electron chi connectivity index (χ4n) is 2.08. The minimum atomic E-state index is -0.366. The maximum Gasteiger partial charge on any atom is 0.330 e. The summed E-state index contributed by atoms with van der Waals surface area (Å²) in [5.41, 5.74) is 1.77. The lowest BCUT2D eigenvalue weighted by Crippen LogP contribution is -2.38. The van der Waals surface area contributed by atoms with E-state index in [1.54, 1.807) is 14.0 Å². The van der Waals surface area contributed by atoms with Crippen molar-refractivity contribution >= 4 is 23.4 Å². The molecule has 0 saturated heterocycles. The molecule has 0 aliphatic carbocycles. The average Bonchev–Trinajstić information content (AvgIpc) is 2.56. The molecule has 1 atom stereocenters. The molecule has 2 rings (SSSR count). The molecule has 7 heteroatoms. The van der Waals surface area contributed by atoms with E-state index >= 15 is 0 Å². The van der Waals surface area contributed by atoms with Crippen molar-refractivity contribution in [3.05, 3.63) is 62.4 Å². The minimum absolute atomic E-state index is 0.113. The lowest BCUT2D eigenvalue weighted by Gasteiger charge is -2.14. The molecule has 0 spiro atoms. The van der Waals surface area contributed by atoms with Gasteiger partial charge in [-0.05, 0) is 26.0 Å². The van der Waals surface area contributed by atoms with E-state index in [9.17, 15) is 14.4 Å². The largest absolute Gasteiger partial charge is 0.330 e. The van der Waals surface area contributed by atoms with Crippen LogP contribution in [0.15, 0.2) is 39.9 Å². The smallest absolute Gasteiger partial charge is 0.325 e. The third-order valence-electron chi connectivity index (χ3n) is 3.79. The van der Waals surface area contributed by atoms with Crippen LogP contribution in [0.3, 0.4) is 0 Å². The fraction of sp³-hybridized carbons (Fsp3) is 0.353. The van der Waals surface area contributed by atoms with E-state index in [1.165, 1.54) is 29.4 Å². The number of hydrogen-bond donors (Lipinski definition) is 1. The summed E-state index contributed by atoms with van der Waals surface area (Å²) in [6.45, 7) is 3.78. The highest BCUT2D eigenvalue weighted by Crippen LogP contribution is 2.18. The van der Waals surface area contributed by atoms with E-state index in [2.05, 4.69) is 5.32 Å². The van der Waals surface area contributed by atoms with Crippen molar-refractivity contribution in [2.24, 2.45) is 14.1 Å². The predicted octanol–water partition coefficient (Wildman–Crippen LogP) is 1.65. The number of anilines is 1. The highest BCUT2D eigenvalue weighted by atomic mass is 32.2. The van der Waals surface area contributed by atoms with Crippen molar-refractivity contribution in [1.29, 1.82) is 0 Å². The number of aryl methyl sites for hydroxylation is 1. The van der Waals surface area contributed by atoms with Gasteiger partial charge in [-0.25, -0.2) is 4.79 Å². The molecule has 0 saturated carbocycles. The van der Waals surface area contributed by atoms with E-state index in [1.807, 2.05) is 31.2 Å². The summed E-state index contributed by atoms with van der Waals surface area (Å²) in [5.74, 6) is 0.294. The van der Waals surface area contributed by atoms with Crippen LogP contribution in [0.25, 0.3) is 0 Å². The molecule has 0 aliphatic rings. The van der Waals surface area contributed by atoms with E-state index in [0.29, 0.717) is 11.4 Å². The number of benzene rings is 1. The number of thioether (sulfide) groups is 1. The van der Waals surface area contributed by atoms with Crippen LogP contribution in [-0.4, -0.2) is 20.3 Å². The van der Waals surface area contributed by atoms with Crippen LogP contribution in [0, 0.1) is 6.92 Å². The molecule has 24 heavy (non-hydrogen) atoms. The number of carbonyl (C=O) groups excluding carboxylic acids is 1. The Balaban J connectivity index is 2.01. The van der Waals surface area contributed by atoms with Crippen LogP contribution >= 0.6 is 11.8 Å². The maximum absolute atomic E-state index is 12.2. The summed E-state index contributed by atoms with van der Waals surface area (Å²) in [4.78, 5) is 35.8. The topological polar surface area (TPSA) is 73.1 Å². The zero-order valence-electron chi connectivity index (χ0n) is 14.2. The number of aromatic nitrogens is 2. The third kappa shape index (κ3) is 4.17. The highest BCUT2D eigenvalue weighted by molar-refractivity contribution is 7.99. The quantitative estimate of drug-likeness (QED) is 0.893. The van der Waals surface area contributed by atoms with Gasteiger partial charge in [0.05, 0.1) is 5.25 Å². The standard InChI is InChI=1S/C17H21N3O3S/c1-11-5-7-13(8-6-11)18-16(22)12(2)24-10-14-9-15(21)20(4)17(23)19(14)3/h5-9,12H,10H2,1-4H3,(H,18,22). The second kappa shape index (κ2) is 7.53. The van der Waals surface area contributed by atoms with Gasteiger partial charge in [0, 0.05) is 37.3 Å². The first-order valence-electron chi connectivity index (χ1n) is 7.54. The van der Waals surface area contributed by atoms with Crippen LogP contribution in [0.1, 0.15) is 18.2 Å². The Morgan fingerprint density at radius 3 is 2.42 bits per heavy atom. The first kappa shape index (κ1) is 18.1. The van der Waals surface area contributed by atoms with Crippen LogP contribution in [0.5, 0.6) is 0 Å². The molecule has 2 aromatic rings. The van der Waals surface area contributed by atoms with Crippen molar-refractivity contribution in [2.45, 2.75) is 24.9 Å². The molecule has 0 aliphatic heterocycles. The van der Waals surface area contributed by atoms with E-state index in [0.717, 1.165) is 15.8 Å². The number of nitrogens with zero attached hydrogens (tertiary/aromatic N) is 2. The number of carbonyl (C=O) groups is 1. The van der Waals surface area contributed by atoms with E-state index in [-0.39, 0.29) is 22.4 Å². The SMILES string of the molecule is Cc1ccc(NC(=O)C(C)SCc2cc(=O)n(C)c(=O)n2C)cc1. The van der Waals surface area contributed by atoms with Crippen LogP contribution in [0.2, 0.25) is 0 Å². The molecular formula is C17H21N3O3S. The zero-order chi connectivity index (χ0) is 17.9. The summed E-state index contributed by atoms with van der Waals surface area (Å²) < 4.78 is 2.49. The lowest BCUT2D eigenvalue weighted by atomic mass is 10.2. The molecular weight excluding hydrogens is 326 g/mol. The summed E-state index contributed by atoms with van der Waals surface area (Å²) in [6.07, 6.45) is 0. The van der Waals surface area contributed by atoms with Gasteiger partial charge in [0.15, 0.2) is 0 Å². The summed E-state index contributed by atoms with van der Waals surface area (Å²) in [6, 6.07) is 9.01. The van der Waals surface area contributed by atoms with Crippen molar-refractivity contribution in [2.75, 3.05) is 5.32 Å². The molecule has 6 nitrogen and oxygen atoms in total. The van der Waals surface area contributed by atoms with Gasteiger partial charge < -0.3 is 5.32 Å². The minimum Gasteiger partial charge on any atom is -0.325 e. The van der Waals surface area contributed by atoms with Crippen molar-refractivity contribution < 1.29 is 4.79 Å². The fourth-order valence-corrected chi connectivity index (χ4v) is 2.99. The normalized spacial score (nSPS) is 12.0. The lowest BCUT2D eigenvalue weighted by molar-refractivity contribution is -0.115. The molecule has 1 N–H and O–H groups in total. The summed E-state index contributed by atoms with van der Waals surface area (Å²) in [5, 5.41) is 2.54. The molecule has 0 fully saturated rings. The molecule has 128 valence electrons. The Labute approximate surface area is 144 Å². The third-order valence-corrected chi connectivity index (χ3v) is 4.97. The second-order valence-corrected chi connectivity index (χ2v) is 7.01. The Bertz CT molecular complexity index is 853. The number of nitrogens with one attached hydrogen (secondary N) is 1. The van der Waals surface area contributed by atoms with Gasteiger partial charge in [0.1, 0.15) is 0 Å².